The number of nitrogens with zero attached hydrogens (tertiary/aromatic N) is 1. The Labute approximate surface area is 119 Å². The molecular weight excluding hydrogens is 248 g/mol. The van der Waals surface area contributed by atoms with Crippen molar-refractivity contribution < 1.29 is 0 Å². The lowest BCUT2D eigenvalue weighted by molar-refractivity contribution is 0.927. The zero-order chi connectivity index (χ0) is 14.2. The number of hydrazone groups is 1. The van der Waals surface area contributed by atoms with E-state index in [0.717, 1.165) is 11.4 Å². The Morgan fingerprint density at radius 1 is 0.850 bits per heavy atom. The lowest BCUT2D eigenvalue weighted by Crippen LogP contribution is -2.23. The van der Waals surface area contributed by atoms with Gasteiger partial charge in [0.15, 0.2) is 0 Å². The summed E-state index contributed by atoms with van der Waals surface area (Å²) in [6, 6.07) is 16.3. The van der Waals surface area contributed by atoms with Gasteiger partial charge in [-0.05, 0) is 38.1 Å². The number of nitrogens with one attached hydrogen (secondary N) is 3. The molecule has 4 heteroatoms. The number of hydrogen-bond donors (Lipinski definition) is 3. The zero-order valence-corrected chi connectivity index (χ0v) is 11.9. The van der Waals surface area contributed by atoms with Gasteiger partial charge < -0.3 is 5.43 Å². The summed E-state index contributed by atoms with van der Waals surface area (Å²) in [7, 11) is 0. The van der Waals surface area contributed by atoms with E-state index in [2.05, 4.69) is 59.5 Å². The fraction of sp³-hybridized carbons (Fsp3) is 0.188. The molecule has 0 radical (unpaired) electrons. The minimum absolute atomic E-state index is 0.632. The third-order valence-electron chi connectivity index (χ3n) is 2.81. The van der Waals surface area contributed by atoms with Crippen LogP contribution in [0.3, 0.4) is 0 Å². The average molecular weight is 268 g/mol. The average Bonchev–Trinajstić information content (AvgIpc) is 2.46. The van der Waals surface area contributed by atoms with E-state index in [-0.39, 0.29) is 0 Å². The summed E-state index contributed by atoms with van der Waals surface area (Å²) in [5, 5.41) is 4.14. The van der Waals surface area contributed by atoms with Crippen LogP contribution in [-0.4, -0.2) is 12.8 Å². The Morgan fingerprint density at radius 2 is 1.40 bits per heavy atom. The number of rotatable bonds is 6. The summed E-state index contributed by atoms with van der Waals surface area (Å²) in [5.74, 6) is 0. The highest BCUT2D eigenvalue weighted by Crippen LogP contribution is 2.08. The molecule has 4 nitrogen and oxygen atoms in total. The third-order valence-corrected chi connectivity index (χ3v) is 2.81. The van der Waals surface area contributed by atoms with Gasteiger partial charge in [0.2, 0.25) is 0 Å². The Morgan fingerprint density at radius 3 is 2.00 bits per heavy atom. The van der Waals surface area contributed by atoms with Gasteiger partial charge >= 0.3 is 0 Å². The largest absolute Gasteiger partial charge is 0.321 e. The zero-order valence-electron chi connectivity index (χ0n) is 11.9. The Kier molecular flexibility index (Phi) is 5.15. The lowest BCUT2D eigenvalue weighted by atomic mass is 10.2. The van der Waals surface area contributed by atoms with Crippen molar-refractivity contribution in [2.24, 2.45) is 5.10 Å². The van der Waals surface area contributed by atoms with Crippen LogP contribution in [0.4, 0.5) is 11.4 Å². The first-order chi connectivity index (χ1) is 9.74. The SMILES string of the molecule is Cc1ccc(N/N=C/CNNc2ccc(C)cc2)cc1. The van der Waals surface area contributed by atoms with Gasteiger partial charge in [0.25, 0.3) is 0 Å². The predicted molar refractivity (Wildman–Crippen MR) is 86.1 cm³/mol. The first-order valence-corrected chi connectivity index (χ1v) is 6.64. The van der Waals surface area contributed by atoms with Crippen LogP contribution in [-0.2, 0) is 0 Å². The van der Waals surface area contributed by atoms with Crippen LogP contribution in [0, 0.1) is 13.8 Å². The van der Waals surface area contributed by atoms with Crippen LogP contribution in [0.2, 0.25) is 0 Å². The summed E-state index contributed by atoms with van der Waals surface area (Å²) in [6.07, 6.45) is 1.78. The van der Waals surface area contributed by atoms with E-state index in [1.165, 1.54) is 11.1 Å². The highest BCUT2D eigenvalue weighted by Gasteiger charge is 1.89. The first kappa shape index (κ1) is 14.1. The highest BCUT2D eigenvalue weighted by molar-refractivity contribution is 5.62. The van der Waals surface area contributed by atoms with E-state index in [4.69, 9.17) is 0 Å². The molecule has 0 aromatic heterocycles. The maximum Gasteiger partial charge on any atom is 0.0561 e. The van der Waals surface area contributed by atoms with Crippen molar-refractivity contribution in [1.29, 1.82) is 0 Å². The smallest absolute Gasteiger partial charge is 0.0561 e. The predicted octanol–water partition coefficient (Wildman–Crippen LogP) is 3.32. The van der Waals surface area contributed by atoms with Gasteiger partial charge in [-0.3, -0.25) is 5.43 Å². The molecule has 0 fully saturated rings. The van der Waals surface area contributed by atoms with Crippen LogP contribution >= 0.6 is 0 Å². The molecule has 0 bridgehead atoms. The minimum atomic E-state index is 0.632. The standard InChI is InChI=1S/C16H20N4/c1-13-3-7-15(8-4-13)19-17-11-12-18-20-16-9-5-14(2)6-10-16/h3-11,18-20H,12H2,1-2H3/b17-11+. The number of aryl methyl sites for hydroxylation is 2. The van der Waals surface area contributed by atoms with E-state index in [1.807, 2.05) is 24.3 Å². The molecule has 0 saturated carbocycles. The molecule has 0 aliphatic rings. The second-order valence-electron chi connectivity index (χ2n) is 4.66. The Balaban J connectivity index is 1.66. The topological polar surface area (TPSA) is 48.5 Å². The van der Waals surface area contributed by atoms with Crippen molar-refractivity contribution in [3.05, 3.63) is 59.7 Å². The second-order valence-corrected chi connectivity index (χ2v) is 4.66. The molecule has 0 aliphatic carbocycles. The molecule has 2 aromatic rings. The van der Waals surface area contributed by atoms with E-state index in [9.17, 15) is 0 Å². The lowest BCUT2D eigenvalue weighted by Gasteiger charge is -2.06. The van der Waals surface area contributed by atoms with Gasteiger partial charge in [-0.15, -0.1) is 0 Å². The molecule has 3 N–H and O–H groups in total. The highest BCUT2D eigenvalue weighted by atomic mass is 15.4. The fourth-order valence-electron chi connectivity index (χ4n) is 1.63. The van der Waals surface area contributed by atoms with Gasteiger partial charge in [0.1, 0.15) is 0 Å². The normalized spacial score (nSPS) is 10.7. The minimum Gasteiger partial charge on any atom is -0.321 e. The van der Waals surface area contributed by atoms with E-state index in [1.54, 1.807) is 6.21 Å². The maximum atomic E-state index is 4.14. The van der Waals surface area contributed by atoms with Crippen molar-refractivity contribution >= 4 is 17.6 Å². The van der Waals surface area contributed by atoms with Gasteiger partial charge in [0, 0.05) is 11.9 Å². The van der Waals surface area contributed by atoms with Crippen LogP contribution in [0.15, 0.2) is 53.6 Å². The number of benzene rings is 2. The van der Waals surface area contributed by atoms with Crippen molar-refractivity contribution in [2.75, 3.05) is 17.4 Å². The molecule has 0 spiro atoms. The van der Waals surface area contributed by atoms with Crippen molar-refractivity contribution in [1.82, 2.24) is 5.43 Å². The number of hydrogen-bond acceptors (Lipinski definition) is 4. The quantitative estimate of drug-likeness (QED) is 0.428. The van der Waals surface area contributed by atoms with Gasteiger partial charge in [-0.25, -0.2) is 5.43 Å². The Bertz CT molecular complexity index is 544. The summed E-state index contributed by atoms with van der Waals surface area (Å²) >= 11 is 0. The third kappa shape index (κ3) is 4.74. The molecule has 2 rings (SSSR count). The summed E-state index contributed by atoms with van der Waals surface area (Å²) in [6.45, 7) is 4.76. The van der Waals surface area contributed by atoms with Gasteiger partial charge in [0.05, 0.1) is 12.2 Å². The summed E-state index contributed by atoms with van der Waals surface area (Å²) < 4.78 is 0. The molecule has 0 heterocycles. The van der Waals surface area contributed by atoms with E-state index < -0.39 is 0 Å². The van der Waals surface area contributed by atoms with Crippen LogP contribution < -0.4 is 16.3 Å². The molecule has 0 aliphatic heterocycles. The summed E-state index contributed by atoms with van der Waals surface area (Å²) in [5.41, 5.74) is 13.7. The van der Waals surface area contributed by atoms with E-state index >= 15 is 0 Å². The molecular formula is C16H20N4. The monoisotopic (exact) mass is 268 g/mol. The maximum absolute atomic E-state index is 4.14. The van der Waals surface area contributed by atoms with Gasteiger partial charge in [-0.2, -0.15) is 5.10 Å². The molecule has 20 heavy (non-hydrogen) atoms. The van der Waals surface area contributed by atoms with Crippen molar-refractivity contribution in [3.8, 4) is 0 Å². The molecule has 0 saturated heterocycles. The Hall–Kier alpha value is -2.33. The van der Waals surface area contributed by atoms with Crippen molar-refractivity contribution in [2.45, 2.75) is 13.8 Å². The molecule has 0 amide bonds. The number of hydrazine groups is 1. The van der Waals surface area contributed by atoms with E-state index in [0.29, 0.717) is 6.54 Å². The molecule has 2 aromatic carbocycles. The second kappa shape index (κ2) is 7.31. The number of anilines is 2. The fourth-order valence-corrected chi connectivity index (χ4v) is 1.63. The first-order valence-electron chi connectivity index (χ1n) is 6.64. The van der Waals surface area contributed by atoms with Crippen molar-refractivity contribution in [3.63, 3.8) is 0 Å². The molecule has 0 atom stereocenters. The van der Waals surface area contributed by atoms with Crippen LogP contribution in [0.1, 0.15) is 11.1 Å². The van der Waals surface area contributed by atoms with Crippen LogP contribution in [0.25, 0.3) is 0 Å². The van der Waals surface area contributed by atoms with Crippen LogP contribution in [0.5, 0.6) is 0 Å². The summed E-state index contributed by atoms with van der Waals surface area (Å²) in [4.78, 5) is 0. The molecule has 104 valence electrons. The van der Waals surface area contributed by atoms with Gasteiger partial charge in [-0.1, -0.05) is 35.4 Å². The molecule has 0 unspecified atom stereocenters.